The second-order valence-corrected chi connectivity index (χ2v) is 5.83. The van der Waals surface area contributed by atoms with Crippen molar-refractivity contribution in [2.24, 2.45) is 0 Å². The number of hydrogen-bond donors (Lipinski definition) is 4. The summed E-state index contributed by atoms with van der Waals surface area (Å²) in [5, 5.41) is 14.0. The third-order valence-electron chi connectivity index (χ3n) is 4.10. The molecular formula is C15H20N4O2. The number of benzene rings is 1. The highest BCUT2D eigenvalue weighted by Gasteiger charge is 2.28. The van der Waals surface area contributed by atoms with Crippen LogP contribution in [0.25, 0.3) is 10.9 Å². The van der Waals surface area contributed by atoms with Crippen molar-refractivity contribution >= 4 is 22.5 Å². The maximum Gasteiger partial charge on any atom is 0.260 e. The quantitative estimate of drug-likeness (QED) is 0.642. The van der Waals surface area contributed by atoms with Crippen LogP contribution in [0.3, 0.4) is 0 Å². The second-order valence-electron chi connectivity index (χ2n) is 5.83. The van der Waals surface area contributed by atoms with Crippen LogP contribution in [0.1, 0.15) is 32.1 Å². The molecule has 1 fully saturated rings. The van der Waals surface area contributed by atoms with Gasteiger partial charge in [-0.1, -0.05) is 19.3 Å². The van der Waals surface area contributed by atoms with Crippen molar-refractivity contribution in [3.05, 3.63) is 28.6 Å². The third-order valence-corrected chi connectivity index (χ3v) is 4.10. The molecule has 1 aliphatic carbocycles. The predicted molar refractivity (Wildman–Crippen MR) is 83.3 cm³/mol. The number of aromatic nitrogens is 2. The molecule has 0 bridgehead atoms. The van der Waals surface area contributed by atoms with Crippen LogP contribution in [0.15, 0.2) is 23.0 Å². The van der Waals surface area contributed by atoms with Crippen LogP contribution in [0.2, 0.25) is 0 Å². The summed E-state index contributed by atoms with van der Waals surface area (Å²) in [4.78, 5) is 19.1. The van der Waals surface area contributed by atoms with Gasteiger partial charge in [-0.3, -0.25) is 9.78 Å². The van der Waals surface area contributed by atoms with E-state index in [0.29, 0.717) is 29.1 Å². The fraction of sp³-hybridized carbons (Fsp3) is 0.467. The zero-order valence-electron chi connectivity index (χ0n) is 11.9. The number of aromatic amines is 1. The monoisotopic (exact) mass is 288 g/mol. The number of nitrogens with zero attached hydrogens (tertiary/aromatic N) is 1. The van der Waals surface area contributed by atoms with Crippen LogP contribution in [0, 0.1) is 0 Å². The summed E-state index contributed by atoms with van der Waals surface area (Å²) in [6.07, 6.45) is 4.83. The Hall–Kier alpha value is -2.08. The molecule has 2 aromatic rings. The Morgan fingerprint density at radius 1 is 1.33 bits per heavy atom. The molecule has 21 heavy (non-hydrogen) atoms. The highest BCUT2D eigenvalue weighted by Crippen LogP contribution is 2.28. The first kappa shape index (κ1) is 13.9. The molecule has 0 amide bonds. The molecule has 1 aromatic heterocycles. The summed E-state index contributed by atoms with van der Waals surface area (Å²) in [6, 6.07) is 5.05. The Balaban J connectivity index is 1.81. The van der Waals surface area contributed by atoms with Gasteiger partial charge in [-0.15, -0.1) is 0 Å². The van der Waals surface area contributed by atoms with Crippen molar-refractivity contribution in [2.75, 3.05) is 17.6 Å². The normalized spacial score (nSPS) is 17.8. The lowest BCUT2D eigenvalue weighted by Gasteiger charge is -2.32. The molecule has 1 saturated carbocycles. The first-order valence-electron chi connectivity index (χ1n) is 7.32. The number of rotatable bonds is 3. The first-order valence-corrected chi connectivity index (χ1v) is 7.32. The van der Waals surface area contributed by atoms with E-state index in [1.165, 1.54) is 6.42 Å². The molecule has 3 rings (SSSR count). The van der Waals surface area contributed by atoms with Gasteiger partial charge in [0, 0.05) is 12.2 Å². The summed E-state index contributed by atoms with van der Waals surface area (Å²) in [5.74, 6) is 0.385. The van der Waals surface area contributed by atoms with E-state index in [1.807, 2.05) is 0 Å². The van der Waals surface area contributed by atoms with E-state index >= 15 is 0 Å². The van der Waals surface area contributed by atoms with Crippen LogP contribution in [-0.2, 0) is 0 Å². The minimum absolute atomic E-state index is 0.231. The van der Waals surface area contributed by atoms with Gasteiger partial charge in [0.15, 0.2) is 0 Å². The van der Waals surface area contributed by atoms with E-state index in [1.54, 1.807) is 18.2 Å². The van der Waals surface area contributed by atoms with E-state index < -0.39 is 5.60 Å². The molecule has 6 heteroatoms. The highest BCUT2D eigenvalue weighted by molar-refractivity contribution is 5.81. The number of H-pyrrole nitrogens is 1. The van der Waals surface area contributed by atoms with Gasteiger partial charge in [0.05, 0.1) is 16.5 Å². The largest absolute Gasteiger partial charge is 0.399 e. The fourth-order valence-electron chi connectivity index (χ4n) is 2.87. The molecule has 1 aliphatic rings. The van der Waals surface area contributed by atoms with Crippen LogP contribution in [0.4, 0.5) is 11.6 Å². The summed E-state index contributed by atoms with van der Waals surface area (Å²) in [6.45, 7) is 0.399. The van der Waals surface area contributed by atoms with Crippen molar-refractivity contribution in [3.8, 4) is 0 Å². The summed E-state index contributed by atoms with van der Waals surface area (Å²) in [5.41, 5.74) is 5.87. The first-order chi connectivity index (χ1) is 10.1. The fourth-order valence-corrected chi connectivity index (χ4v) is 2.87. The number of nitrogens with two attached hydrogens (primary N) is 1. The van der Waals surface area contributed by atoms with Crippen molar-refractivity contribution in [3.63, 3.8) is 0 Å². The maximum atomic E-state index is 12.0. The van der Waals surface area contributed by atoms with E-state index in [-0.39, 0.29) is 5.56 Å². The minimum atomic E-state index is -0.701. The minimum Gasteiger partial charge on any atom is -0.399 e. The molecular weight excluding hydrogens is 268 g/mol. The average Bonchev–Trinajstić information content (AvgIpc) is 2.47. The van der Waals surface area contributed by atoms with Crippen LogP contribution in [-0.4, -0.2) is 27.2 Å². The zero-order valence-corrected chi connectivity index (χ0v) is 11.9. The van der Waals surface area contributed by atoms with Crippen molar-refractivity contribution in [2.45, 2.75) is 37.7 Å². The number of fused-ring (bicyclic) bond motifs is 1. The number of nitrogens with one attached hydrogen (secondary N) is 2. The average molecular weight is 288 g/mol. The van der Waals surface area contributed by atoms with Gasteiger partial charge in [-0.05, 0) is 31.0 Å². The number of hydrogen-bond acceptors (Lipinski definition) is 5. The second kappa shape index (κ2) is 5.37. The molecule has 112 valence electrons. The van der Waals surface area contributed by atoms with Crippen LogP contribution in [0.5, 0.6) is 0 Å². The molecule has 5 N–H and O–H groups in total. The Morgan fingerprint density at radius 2 is 2.10 bits per heavy atom. The third kappa shape index (κ3) is 3.00. The molecule has 1 heterocycles. The standard InChI is InChI=1S/C15H20N4O2/c16-10-4-5-12-11(8-10)13(20)19-14(18-12)17-9-15(21)6-2-1-3-7-15/h4-5,8,21H,1-3,6-7,9,16H2,(H2,17,18,19,20). The van der Waals surface area contributed by atoms with Gasteiger partial charge < -0.3 is 16.2 Å². The van der Waals surface area contributed by atoms with Gasteiger partial charge in [-0.25, -0.2) is 4.98 Å². The molecule has 0 radical (unpaired) electrons. The molecule has 0 atom stereocenters. The Kier molecular flexibility index (Phi) is 3.55. The van der Waals surface area contributed by atoms with Gasteiger partial charge in [0.2, 0.25) is 5.95 Å². The number of anilines is 2. The smallest absolute Gasteiger partial charge is 0.260 e. The Bertz CT molecular complexity index is 704. The summed E-state index contributed by atoms with van der Waals surface area (Å²) >= 11 is 0. The Labute approximate surface area is 122 Å². The van der Waals surface area contributed by atoms with Crippen molar-refractivity contribution in [1.82, 2.24) is 9.97 Å². The van der Waals surface area contributed by atoms with Crippen molar-refractivity contribution in [1.29, 1.82) is 0 Å². The number of nitrogen functional groups attached to an aromatic ring is 1. The van der Waals surface area contributed by atoms with Gasteiger partial charge in [0.1, 0.15) is 0 Å². The molecule has 0 saturated heterocycles. The summed E-state index contributed by atoms with van der Waals surface area (Å²) < 4.78 is 0. The molecule has 0 spiro atoms. The van der Waals surface area contributed by atoms with E-state index in [2.05, 4.69) is 15.3 Å². The topological polar surface area (TPSA) is 104 Å². The van der Waals surface area contributed by atoms with Gasteiger partial charge in [0.25, 0.3) is 5.56 Å². The molecule has 6 nitrogen and oxygen atoms in total. The maximum absolute atomic E-state index is 12.0. The van der Waals surface area contributed by atoms with Crippen LogP contribution >= 0.6 is 0 Å². The molecule has 0 unspecified atom stereocenters. The lowest BCUT2D eigenvalue weighted by atomic mass is 9.85. The lowest BCUT2D eigenvalue weighted by molar-refractivity contribution is 0.0166. The van der Waals surface area contributed by atoms with E-state index in [9.17, 15) is 9.90 Å². The lowest BCUT2D eigenvalue weighted by Crippen LogP contribution is -2.39. The van der Waals surface area contributed by atoms with E-state index in [0.717, 1.165) is 25.7 Å². The summed E-state index contributed by atoms with van der Waals surface area (Å²) in [7, 11) is 0. The SMILES string of the molecule is Nc1ccc2nc(NCC3(O)CCCCC3)[nH]c(=O)c2c1. The van der Waals surface area contributed by atoms with Gasteiger partial charge in [-0.2, -0.15) is 0 Å². The van der Waals surface area contributed by atoms with Gasteiger partial charge >= 0.3 is 0 Å². The molecule has 0 aliphatic heterocycles. The van der Waals surface area contributed by atoms with Crippen molar-refractivity contribution < 1.29 is 5.11 Å². The van der Waals surface area contributed by atoms with E-state index in [4.69, 9.17) is 5.73 Å². The Morgan fingerprint density at radius 3 is 2.86 bits per heavy atom. The predicted octanol–water partition coefficient (Wildman–Crippen LogP) is 1.61. The highest BCUT2D eigenvalue weighted by atomic mass is 16.3. The molecule has 1 aromatic carbocycles. The zero-order chi connectivity index (χ0) is 14.9. The van der Waals surface area contributed by atoms with Crippen LogP contribution < -0.4 is 16.6 Å². The number of aliphatic hydroxyl groups is 1.